The van der Waals surface area contributed by atoms with Crippen molar-refractivity contribution in [1.29, 1.82) is 0 Å². The number of hydrogen-bond donors (Lipinski definition) is 1. The Morgan fingerprint density at radius 2 is 1.52 bits per heavy atom. The van der Waals surface area contributed by atoms with Gasteiger partial charge in [-0.05, 0) is 28.6 Å². The molecular formula is C21H42O6Si2. The Balaban J connectivity index is 2.45. The Morgan fingerprint density at radius 3 is 1.97 bits per heavy atom. The van der Waals surface area contributed by atoms with E-state index in [9.17, 15) is 9.90 Å². The van der Waals surface area contributed by atoms with Gasteiger partial charge in [-0.3, -0.25) is 4.79 Å². The predicted molar refractivity (Wildman–Crippen MR) is 118 cm³/mol. The SMILES string of the molecule is CC(=O)OC[C@@H]1C[C@@H]2CO[Si](C(C)C)(C(C)C)O[Si](C(C)C)(C(C)C)O[C@H]2[C@H]1O. The van der Waals surface area contributed by atoms with Crippen molar-refractivity contribution in [3.05, 3.63) is 0 Å². The van der Waals surface area contributed by atoms with E-state index in [-0.39, 0.29) is 41.6 Å². The Labute approximate surface area is 179 Å². The minimum Gasteiger partial charge on any atom is -0.465 e. The summed E-state index contributed by atoms with van der Waals surface area (Å²) >= 11 is 0. The van der Waals surface area contributed by atoms with Gasteiger partial charge in [0, 0.05) is 25.4 Å². The van der Waals surface area contributed by atoms with Gasteiger partial charge in [0.1, 0.15) is 0 Å². The van der Waals surface area contributed by atoms with Crippen LogP contribution < -0.4 is 0 Å². The van der Waals surface area contributed by atoms with Crippen LogP contribution in [-0.2, 0) is 22.5 Å². The fourth-order valence-corrected chi connectivity index (χ4v) is 16.4. The first-order chi connectivity index (χ1) is 13.4. The van der Waals surface area contributed by atoms with E-state index in [0.717, 1.165) is 6.42 Å². The van der Waals surface area contributed by atoms with Crippen molar-refractivity contribution in [2.24, 2.45) is 11.8 Å². The third kappa shape index (κ3) is 4.82. The lowest BCUT2D eigenvalue weighted by Crippen LogP contribution is -2.65. The van der Waals surface area contributed by atoms with Gasteiger partial charge in [-0.2, -0.15) is 0 Å². The number of carbonyl (C=O) groups is 1. The Kier molecular flexibility index (Phi) is 8.18. The largest absolute Gasteiger partial charge is 0.465 e. The van der Waals surface area contributed by atoms with Crippen LogP contribution in [0.15, 0.2) is 0 Å². The first-order valence-corrected chi connectivity index (χ1v) is 15.1. The summed E-state index contributed by atoms with van der Waals surface area (Å²) in [6.45, 7) is 19.7. The van der Waals surface area contributed by atoms with Crippen LogP contribution in [0.3, 0.4) is 0 Å². The van der Waals surface area contributed by atoms with Gasteiger partial charge < -0.3 is 22.8 Å². The van der Waals surface area contributed by atoms with Crippen LogP contribution in [0.2, 0.25) is 22.2 Å². The first-order valence-electron chi connectivity index (χ1n) is 11.2. The maximum absolute atomic E-state index is 11.3. The van der Waals surface area contributed by atoms with Crippen molar-refractivity contribution in [2.75, 3.05) is 13.2 Å². The number of aliphatic hydroxyl groups excluding tert-OH is 1. The molecule has 0 aromatic carbocycles. The topological polar surface area (TPSA) is 74.2 Å². The molecule has 1 heterocycles. The van der Waals surface area contributed by atoms with Crippen LogP contribution in [0.5, 0.6) is 0 Å². The van der Waals surface area contributed by atoms with Gasteiger partial charge in [0.25, 0.3) is 0 Å². The molecule has 0 radical (unpaired) electrons. The number of carbonyl (C=O) groups excluding carboxylic acids is 1. The zero-order valence-electron chi connectivity index (χ0n) is 19.7. The quantitative estimate of drug-likeness (QED) is 0.478. The molecule has 0 spiro atoms. The summed E-state index contributed by atoms with van der Waals surface area (Å²) in [5.41, 5.74) is 1.06. The van der Waals surface area contributed by atoms with Crippen molar-refractivity contribution in [1.82, 2.24) is 0 Å². The van der Waals surface area contributed by atoms with Gasteiger partial charge in [-0.25, -0.2) is 0 Å². The van der Waals surface area contributed by atoms with Crippen LogP contribution >= 0.6 is 0 Å². The number of esters is 1. The van der Waals surface area contributed by atoms with Crippen molar-refractivity contribution >= 4 is 23.1 Å². The second kappa shape index (κ2) is 9.48. The molecule has 4 atom stereocenters. The van der Waals surface area contributed by atoms with E-state index in [1.807, 2.05) is 0 Å². The lowest BCUT2D eigenvalue weighted by Gasteiger charge is -2.51. The molecule has 1 saturated carbocycles. The summed E-state index contributed by atoms with van der Waals surface area (Å²) in [5.74, 6) is -0.361. The molecule has 1 N–H and O–H groups in total. The van der Waals surface area contributed by atoms with E-state index in [2.05, 4.69) is 55.4 Å². The molecular weight excluding hydrogens is 404 g/mol. The molecule has 2 aliphatic rings. The maximum atomic E-state index is 11.3. The second-order valence-corrected chi connectivity index (χ2v) is 19.0. The first kappa shape index (κ1) is 25.0. The molecule has 0 amide bonds. The molecule has 0 unspecified atom stereocenters. The molecule has 1 aliphatic carbocycles. The van der Waals surface area contributed by atoms with E-state index < -0.39 is 23.2 Å². The molecule has 1 aliphatic heterocycles. The standard InChI is InChI=1S/C21H42O6Si2/c1-13(2)28(14(3)4)25-12-19-10-18(11-24-17(9)22)20(23)21(19)26-29(27-28,15(5)6)16(7)8/h13-16,18-21,23H,10-12H2,1-9H3/t18-,19+,20-,21+/m0/s1. The molecule has 0 bridgehead atoms. The zero-order chi connectivity index (χ0) is 22.1. The summed E-state index contributed by atoms with van der Waals surface area (Å²) < 4.78 is 26.0. The van der Waals surface area contributed by atoms with Crippen molar-refractivity contribution in [2.45, 2.75) is 103 Å². The highest BCUT2D eigenvalue weighted by atomic mass is 28.5. The molecule has 2 rings (SSSR count). The van der Waals surface area contributed by atoms with Gasteiger partial charge in [-0.1, -0.05) is 55.4 Å². The smallest absolute Gasteiger partial charge is 0.335 e. The molecule has 1 saturated heterocycles. The monoisotopic (exact) mass is 446 g/mol. The van der Waals surface area contributed by atoms with E-state index in [4.69, 9.17) is 17.7 Å². The van der Waals surface area contributed by atoms with E-state index in [1.54, 1.807) is 0 Å². The fraction of sp³-hybridized carbons (Fsp3) is 0.952. The van der Waals surface area contributed by atoms with Gasteiger partial charge in [0.15, 0.2) is 0 Å². The molecule has 2 fully saturated rings. The van der Waals surface area contributed by atoms with Gasteiger partial charge in [0.05, 0.1) is 18.8 Å². The van der Waals surface area contributed by atoms with Crippen LogP contribution in [0.25, 0.3) is 0 Å². The lowest BCUT2D eigenvalue weighted by atomic mass is 10.1. The van der Waals surface area contributed by atoms with Crippen LogP contribution in [0.4, 0.5) is 0 Å². The van der Waals surface area contributed by atoms with Crippen molar-refractivity contribution < 1.29 is 27.6 Å². The number of rotatable bonds is 6. The summed E-state index contributed by atoms with van der Waals surface area (Å²) in [6.07, 6.45) is -0.276. The molecule has 0 aromatic rings. The number of aliphatic hydroxyl groups is 1. The summed E-state index contributed by atoms with van der Waals surface area (Å²) in [5, 5.41) is 11.1. The number of hydrogen-bond acceptors (Lipinski definition) is 6. The average molecular weight is 447 g/mol. The van der Waals surface area contributed by atoms with Crippen molar-refractivity contribution in [3.8, 4) is 0 Å². The third-order valence-corrected chi connectivity index (χ3v) is 17.0. The molecule has 6 nitrogen and oxygen atoms in total. The van der Waals surface area contributed by atoms with Crippen LogP contribution in [-0.4, -0.2) is 53.6 Å². The van der Waals surface area contributed by atoms with Crippen LogP contribution in [0.1, 0.15) is 68.7 Å². The number of fused-ring (bicyclic) bond motifs is 1. The summed E-state index contributed by atoms with van der Waals surface area (Å²) in [4.78, 5) is 11.3. The number of ether oxygens (including phenoxy) is 1. The molecule has 8 heteroatoms. The summed E-state index contributed by atoms with van der Waals surface area (Å²) in [6, 6.07) is 0. The normalized spacial score (nSPS) is 31.8. The highest BCUT2D eigenvalue weighted by Crippen LogP contribution is 2.49. The fourth-order valence-electron chi connectivity index (χ4n) is 5.09. The van der Waals surface area contributed by atoms with E-state index >= 15 is 0 Å². The second-order valence-electron chi connectivity index (χ2n) is 10.1. The Hall–Kier alpha value is -0.256. The zero-order valence-corrected chi connectivity index (χ0v) is 21.7. The van der Waals surface area contributed by atoms with Gasteiger partial charge in [0.2, 0.25) is 0 Å². The lowest BCUT2D eigenvalue weighted by molar-refractivity contribution is -0.143. The van der Waals surface area contributed by atoms with Gasteiger partial charge >= 0.3 is 23.1 Å². The Morgan fingerprint density at radius 1 is 1.00 bits per heavy atom. The third-order valence-electron chi connectivity index (χ3n) is 6.77. The van der Waals surface area contributed by atoms with Crippen LogP contribution in [0, 0.1) is 11.8 Å². The highest BCUT2D eigenvalue weighted by Gasteiger charge is 2.61. The van der Waals surface area contributed by atoms with E-state index in [0.29, 0.717) is 17.7 Å². The van der Waals surface area contributed by atoms with Crippen molar-refractivity contribution in [3.63, 3.8) is 0 Å². The minimum absolute atomic E-state index is 0.0863. The Bertz CT molecular complexity index is 549. The van der Waals surface area contributed by atoms with E-state index in [1.165, 1.54) is 6.92 Å². The molecule has 170 valence electrons. The summed E-state index contributed by atoms with van der Waals surface area (Å²) in [7, 11) is -5.27. The molecule has 29 heavy (non-hydrogen) atoms. The minimum atomic E-state index is -2.71. The predicted octanol–water partition coefficient (Wildman–Crippen LogP) is 4.50. The molecule has 0 aromatic heterocycles. The highest BCUT2D eigenvalue weighted by molar-refractivity contribution is 6.83. The average Bonchev–Trinajstić information content (AvgIpc) is 2.87. The van der Waals surface area contributed by atoms with Gasteiger partial charge in [-0.15, -0.1) is 0 Å². The maximum Gasteiger partial charge on any atom is 0.335 e.